The fraction of sp³-hybridized carbons (Fsp3) is 0.381. The minimum absolute atomic E-state index is 0.0346. The molecule has 0 unspecified atom stereocenters. The molecule has 0 spiro atoms. The van der Waals surface area contributed by atoms with Crippen LogP contribution in [0.1, 0.15) is 44.2 Å². The highest BCUT2D eigenvalue weighted by molar-refractivity contribution is 5.79. The first-order chi connectivity index (χ1) is 11.4. The second-order valence-electron chi connectivity index (χ2n) is 7.42. The third-order valence-corrected chi connectivity index (χ3v) is 4.58. The first kappa shape index (κ1) is 16.6. The van der Waals surface area contributed by atoms with E-state index in [1.807, 2.05) is 0 Å². The number of carbonyl (C=O) groups excluding carboxylic acids is 1. The van der Waals surface area contributed by atoms with Crippen LogP contribution in [0.5, 0.6) is 11.5 Å². The Hall–Kier alpha value is -2.29. The van der Waals surface area contributed by atoms with Gasteiger partial charge in [0.1, 0.15) is 11.5 Å². The third kappa shape index (κ3) is 3.61. The summed E-state index contributed by atoms with van der Waals surface area (Å²) in [5.41, 5.74) is 2.68. The molecule has 1 fully saturated rings. The van der Waals surface area contributed by atoms with Gasteiger partial charge in [-0.1, -0.05) is 45.0 Å². The quantitative estimate of drug-likeness (QED) is 0.604. The fourth-order valence-electron chi connectivity index (χ4n) is 2.89. The van der Waals surface area contributed by atoms with Crippen molar-refractivity contribution in [2.24, 2.45) is 5.92 Å². The van der Waals surface area contributed by atoms with Gasteiger partial charge in [-0.2, -0.15) is 0 Å². The van der Waals surface area contributed by atoms with Crippen molar-refractivity contribution >= 4 is 5.97 Å². The lowest BCUT2D eigenvalue weighted by molar-refractivity contribution is -0.135. The molecule has 24 heavy (non-hydrogen) atoms. The van der Waals surface area contributed by atoms with Crippen molar-refractivity contribution in [3.8, 4) is 11.5 Å². The number of hydrogen-bond donors (Lipinski definition) is 0. The molecule has 2 aromatic rings. The van der Waals surface area contributed by atoms with Gasteiger partial charge in [-0.25, -0.2) is 0 Å². The Kier molecular flexibility index (Phi) is 4.35. The second kappa shape index (κ2) is 6.31. The van der Waals surface area contributed by atoms with Gasteiger partial charge in [0.2, 0.25) is 0 Å². The predicted octanol–water partition coefficient (Wildman–Crippen LogP) is 4.70. The lowest BCUT2D eigenvalue weighted by atomic mass is 9.86. The summed E-state index contributed by atoms with van der Waals surface area (Å²) in [6.45, 7) is 6.61. The largest absolute Gasteiger partial charge is 0.497 e. The van der Waals surface area contributed by atoms with Crippen molar-refractivity contribution in [3.63, 3.8) is 0 Å². The Balaban J connectivity index is 1.60. The Morgan fingerprint density at radius 2 is 1.54 bits per heavy atom. The molecule has 2 aromatic carbocycles. The van der Waals surface area contributed by atoms with E-state index in [4.69, 9.17) is 9.47 Å². The van der Waals surface area contributed by atoms with Crippen LogP contribution in [-0.2, 0) is 10.2 Å². The molecule has 0 aliphatic heterocycles. The summed E-state index contributed by atoms with van der Waals surface area (Å²) >= 11 is 0. The molecule has 0 heterocycles. The van der Waals surface area contributed by atoms with E-state index in [0.29, 0.717) is 5.75 Å². The Morgan fingerprint density at radius 1 is 0.958 bits per heavy atom. The van der Waals surface area contributed by atoms with Crippen molar-refractivity contribution in [2.75, 3.05) is 7.11 Å². The Labute approximate surface area is 143 Å². The predicted molar refractivity (Wildman–Crippen MR) is 94.6 cm³/mol. The summed E-state index contributed by atoms with van der Waals surface area (Å²) in [6, 6.07) is 15.7. The van der Waals surface area contributed by atoms with Gasteiger partial charge in [0.15, 0.2) is 0 Å². The maximum absolute atomic E-state index is 12.3. The molecule has 3 heteroatoms. The molecule has 1 saturated carbocycles. The molecule has 3 nitrogen and oxygen atoms in total. The maximum atomic E-state index is 12.3. The van der Waals surface area contributed by atoms with Gasteiger partial charge in [0.25, 0.3) is 0 Å². The van der Waals surface area contributed by atoms with Crippen molar-refractivity contribution in [1.29, 1.82) is 0 Å². The van der Waals surface area contributed by atoms with Gasteiger partial charge in [0.05, 0.1) is 13.0 Å². The van der Waals surface area contributed by atoms with E-state index in [2.05, 4.69) is 45.0 Å². The first-order valence-corrected chi connectivity index (χ1v) is 8.34. The van der Waals surface area contributed by atoms with Crippen LogP contribution in [-0.4, -0.2) is 13.1 Å². The summed E-state index contributed by atoms with van der Waals surface area (Å²) < 4.78 is 10.6. The maximum Gasteiger partial charge on any atom is 0.314 e. The Morgan fingerprint density at radius 3 is 2.08 bits per heavy atom. The smallest absolute Gasteiger partial charge is 0.314 e. The normalized spacial score (nSPS) is 19.7. The number of ether oxygens (including phenoxy) is 2. The summed E-state index contributed by atoms with van der Waals surface area (Å²) in [5.74, 6) is 1.41. The highest BCUT2D eigenvalue weighted by Crippen LogP contribution is 2.48. The summed E-state index contributed by atoms with van der Waals surface area (Å²) in [6.07, 6.45) is 0.865. The molecule has 2 atom stereocenters. The van der Waals surface area contributed by atoms with Gasteiger partial charge in [0, 0.05) is 0 Å². The Bertz CT molecular complexity index is 708. The van der Waals surface area contributed by atoms with Crippen LogP contribution in [0, 0.1) is 5.92 Å². The van der Waals surface area contributed by atoms with E-state index < -0.39 is 0 Å². The molecule has 0 N–H and O–H groups in total. The number of rotatable bonds is 4. The van der Waals surface area contributed by atoms with Gasteiger partial charge >= 0.3 is 5.97 Å². The molecule has 1 aliphatic carbocycles. The van der Waals surface area contributed by atoms with E-state index in [1.54, 1.807) is 31.4 Å². The first-order valence-electron chi connectivity index (χ1n) is 8.34. The zero-order chi connectivity index (χ0) is 17.3. The summed E-state index contributed by atoms with van der Waals surface area (Å²) in [7, 11) is 1.61. The van der Waals surface area contributed by atoms with Crippen LogP contribution < -0.4 is 9.47 Å². The van der Waals surface area contributed by atoms with E-state index in [0.717, 1.165) is 12.2 Å². The minimum atomic E-state index is -0.148. The van der Waals surface area contributed by atoms with Crippen LogP contribution in [0.3, 0.4) is 0 Å². The third-order valence-electron chi connectivity index (χ3n) is 4.58. The van der Waals surface area contributed by atoms with Crippen molar-refractivity contribution in [2.45, 2.75) is 38.5 Å². The average molecular weight is 324 g/mol. The molecule has 0 radical (unpaired) electrons. The molecule has 3 rings (SSSR count). The van der Waals surface area contributed by atoms with Gasteiger partial charge in [-0.3, -0.25) is 4.79 Å². The highest BCUT2D eigenvalue weighted by atomic mass is 16.5. The molecule has 0 amide bonds. The zero-order valence-electron chi connectivity index (χ0n) is 14.7. The van der Waals surface area contributed by atoms with Crippen molar-refractivity contribution in [3.05, 3.63) is 59.7 Å². The van der Waals surface area contributed by atoms with Gasteiger partial charge < -0.3 is 9.47 Å². The van der Waals surface area contributed by atoms with E-state index in [9.17, 15) is 4.79 Å². The summed E-state index contributed by atoms with van der Waals surface area (Å²) in [5, 5.41) is 0. The number of esters is 1. The van der Waals surface area contributed by atoms with Crippen LogP contribution in [0.4, 0.5) is 0 Å². The van der Waals surface area contributed by atoms with Crippen LogP contribution >= 0.6 is 0 Å². The monoisotopic (exact) mass is 324 g/mol. The standard InChI is InChI=1S/C21H24O3/c1-21(2,3)15-7-5-14(6-8-15)18-13-19(18)20(22)24-17-11-9-16(23-4)10-12-17/h5-12,18-19H,13H2,1-4H3/t18-,19+/m0/s1. The summed E-state index contributed by atoms with van der Waals surface area (Å²) in [4.78, 5) is 12.3. The molecule has 1 aliphatic rings. The van der Waals surface area contributed by atoms with E-state index >= 15 is 0 Å². The number of carbonyl (C=O) groups is 1. The average Bonchev–Trinajstić information content (AvgIpc) is 3.36. The zero-order valence-corrected chi connectivity index (χ0v) is 14.7. The van der Waals surface area contributed by atoms with Gasteiger partial charge in [-0.15, -0.1) is 0 Å². The molecule has 0 bridgehead atoms. The number of hydrogen-bond acceptors (Lipinski definition) is 3. The number of benzene rings is 2. The molecule has 126 valence electrons. The number of methoxy groups -OCH3 is 1. The van der Waals surface area contributed by atoms with Crippen molar-refractivity contribution < 1.29 is 14.3 Å². The van der Waals surface area contributed by atoms with E-state index in [1.165, 1.54) is 11.1 Å². The molecule has 0 aromatic heterocycles. The second-order valence-corrected chi connectivity index (χ2v) is 7.42. The van der Waals surface area contributed by atoms with Gasteiger partial charge in [-0.05, 0) is 53.1 Å². The van der Waals surface area contributed by atoms with Crippen LogP contribution in [0.2, 0.25) is 0 Å². The van der Waals surface area contributed by atoms with E-state index in [-0.39, 0.29) is 23.2 Å². The molecular weight excluding hydrogens is 300 g/mol. The van der Waals surface area contributed by atoms with Crippen LogP contribution in [0.15, 0.2) is 48.5 Å². The highest BCUT2D eigenvalue weighted by Gasteiger charge is 2.45. The molecular formula is C21H24O3. The molecule has 0 saturated heterocycles. The SMILES string of the molecule is COc1ccc(OC(=O)[C@@H]2C[C@H]2c2ccc(C(C)(C)C)cc2)cc1. The lowest BCUT2D eigenvalue weighted by Crippen LogP contribution is -2.12. The van der Waals surface area contributed by atoms with Crippen LogP contribution in [0.25, 0.3) is 0 Å². The van der Waals surface area contributed by atoms with Crippen molar-refractivity contribution in [1.82, 2.24) is 0 Å². The topological polar surface area (TPSA) is 35.5 Å². The fourth-order valence-corrected chi connectivity index (χ4v) is 2.89. The lowest BCUT2D eigenvalue weighted by Gasteiger charge is -2.19. The minimum Gasteiger partial charge on any atom is -0.497 e.